The number of nitrogens with one attached hydrogen (secondary N) is 1. The smallest absolute Gasteiger partial charge is 0.255 e. The lowest BCUT2D eigenvalue weighted by molar-refractivity contribution is 0.0898. The Labute approximate surface area is 151 Å². The molecular weight excluding hydrogens is 344 g/mol. The van der Waals surface area contributed by atoms with Crippen LogP contribution in [0.4, 0.5) is 0 Å². The van der Waals surface area contributed by atoms with Gasteiger partial charge in [0.15, 0.2) is 0 Å². The summed E-state index contributed by atoms with van der Waals surface area (Å²) in [4.78, 5) is 16.3. The number of methoxy groups -OCH3 is 1. The summed E-state index contributed by atoms with van der Waals surface area (Å²) >= 11 is 7.74. The molecule has 1 atom stereocenters. The SMILES string of the molecule is COc1cc(Cl)ccc1C(=O)NC1CCCN(Cc2cccs2)C1. The molecule has 1 saturated heterocycles. The summed E-state index contributed by atoms with van der Waals surface area (Å²) < 4.78 is 5.27. The van der Waals surface area contributed by atoms with Crippen molar-refractivity contribution in [2.24, 2.45) is 0 Å². The Hall–Kier alpha value is -1.56. The van der Waals surface area contributed by atoms with E-state index < -0.39 is 0 Å². The third-order valence-corrected chi connectivity index (χ3v) is 5.30. The van der Waals surface area contributed by atoms with E-state index in [1.165, 1.54) is 4.88 Å². The van der Waals surface area contributed by atoms with E-state index in [1.54, 1.807) is 36.6 Å². The van der Waals surface area contributed by atoms with Crippen molar-refractivity contribution in [3.05, 3.63) is 51.2 Å². The molecule has 128 valence electrons. The van der Waals surface area contributed by atoms with Gasteiger partial charge in [0, 0.05) is 29.0 Å². The molecule has 0 bridgehead atoms. The molecule has 1 aliphatic rings. The number of nitrogens with zero attached hydrogens (tertiary/aromatic N) is 1. The van der Waals surface area contributed by atoms with Crippen LogP contribution in [0, 0.1) is 0 Å². The van der Waals surface area contributed by atoms with E-state index in [9.17, 15) is 4.79 Å². The largest absolute Gasteiger partial charge is 0.496 e. The van der Waals surface area contributed by atoms with Crippen LogP contribution in [0.3, 0.4) is 0 Å². The Balaban J connectivity index is 1.61. The first-order valence-corrected chi connectivity index (χ1v) is 9.30. The van der Waals surface area contributed by atoms with Crippen LogP contribution in [0.5, 0.6) is 5.75 Å². The van der Waals surface area contributed by atoms with Gasteiger partial charge in [-0.15, -0.1) is 11.3 Å². The van der Waals surface area contributed by atoms with Crippen LogP contribution in [0.15, 0.2) is 35.7 Å². The second-order valence-corrected chi connectivity index (χ2v) is 7.44. The first-order chi connectivity index (χ1) is 11.7. The Bertz CT molecular complexity index is 690. The third-order valence-electron chi connectivity index (χ3n) is 4.21. The number of piperidine rings is 1. The van der Waals surface area contributed by atoms with Gasteiger partial charge in [-0.25, -0.2) is 0 Å². The Kier molecular flexibility index (Phi) is 5.76. The number of carbonyl (C=O) groups is 1. The molecule has 0 saturated carbocycles. The van der Waals surface area contributed by atoms with Gasteiger partial charge in [0.2, 0.25) is 0 Å². The molecule has 1 aliphatic heterocycles. The number of hydrogen-bond donors (Lipinski definition) is 1. The molecular formula is C18H21ClN2O2S. The van der Waals surface area contributed by atoms with Gasteiger partial charge in [-0.1, -0.05) is 17.7 Å². The lowest BCUT2D eigenvalue weighted by Crippen LogP contribution is -2.47. The average Bonchev–Trinajstić information content (AvgIpc) is 3.07. The van der Waals surface area contributed by atoms with Crippen LogP contribution in [-0.4, -0.2) is 37.0 Å². The first-order valence-electron chi connectivity index (χ1n) is 8.05. The van der Waals surface area contributed by atoms with E-state index in [0.29, 0.717) is 16.3 Å². The molecule has 1 unspecified atom stereocenters. The topological polar surface area (TPSA) is 41.6 Å². The van der Waals surface area contributed by atoms with Gasteiger partial charge in [-0.2, -0.15) is 0 Å². The van der Waals surface area contributed by atoms with Crippen molar-refractivity contribution in [1.29, 1.82) is 0 Å². The van der Waals surface area contributed by atoms with Crippen molar-refractivity contribution in [3.63, 3.8) is 0 Å². The van der Waals surface area contributed by atoms with E-state index in [-0.39, 0.29) is 11.9 Å². The van der Waals surface area contributed by atoms with Crippen LogP contribution >= 0.6 is 22.9 Å². The minimum Gasteiger partial charge on any atom is -0.496 e. The minimum atomic E-state index is -0.105. The van der Waals surface area contributed by atoms with Gasteiger partial charge in [0.05, 0.1) is 12.7 Å². The fourth-order valence-electron chi connectivity index (χ4n) is 3.06. The Morgan fingerprint density at radius 1 is 1.46 bits per heavy atom. The highest BCUT2D eigenvalue weighted by molar-refractivity contribution is 7.09. The van der Waals surface area contributed by atoms with Crippen LogP contribution in [0.1, 0.15) is 28.1 Å². The lowest BCUT2D eigenvalue weighted by atomic mass is 10.0. The lowest BCUT2D eigenvalue weighted by Gasteiger charge is -2.33. The van der Waals surface area contributed by atoms with Gasteiger partial charge >= 0.3 is 0 Å². The van der Waals surface area contributed by atoms with Crippen molar-refractivity contribution in [2.75, 3.05) is 20.2 Å². The van der Waals surface area contributed by atoms with Crippen molar-refractivity contribution in [2.45, 2.75) is 25.4 Å². The molecule has 2 aromatic rings. The summed E-state index contributed by atoms with van der Waals surface area (Å²) in [5.74, 6) is 0.401. The maximum Gasteiger partial charge on any atom is 0.255 e. The summed E-state index contributed by atoms with van der Waals surface area (Å²) in [5.41, 5.74) is 0.525. The van der Waals surface area contributed by atoms with Crippen LogP contribution in [0.2, 0.25) is 5.02 Å². The summed E-state index contributed by atoms with van der Waals surface area (Å²) in [6, 6.07) is 9.49. The maximum absolute atomic E-state index is 12.6. The molecule has 3 rings (SSSR count). The third kappa shape index (κ3) is 4.29. The number of rotatable bonds is 5. The molecule has 1 N–H and O–H groups in total. The predicted octanol–water partition coefficient (Wildman–Crippen LogP) is 3.80. The minimum absolute atomic E-state index is 0.105. The molecule has 0 aliphatic carbocycles. The standard InChI is InChI=1S/C18H21ClN2O2S/c1-23-17-10-13(19)6-7-16(17)18(22)20-14-4-2-8-21(11-14)12-15-5-3-9-24-15/h3,5-7,9-10,14H,2,4,8,11-12H2,1H3,(H,20,22). The molecule has 1 fully saturated rings. The summed E-state index contributed by atoms with van der Waals surface area (Å²) in [6.07, 6.45) is 2.09. The zero-order chi connectivity index (χ0) is 16.9. The van der Waals surface area contributed by atoms with Crippen molar-refractivity contribution in [1.82, 2.24) is 10.2 Å². The second kappa shape index (κ2) is 8.01. The van der Waals surface area contributed by atoms with Crippen molar-refractivity contribution >= 4 is 28.8 Å². The Morgan fingerprint density at radius 3 is 3.08 bits per heavy atom. The maximum atomic E-state index is 12.6. The average molecular weight is 365 g/mol. The molecule has 24 heavy (non-hydrogen) atoms. The van der Waals surface area contributed by atoms with E-state index >= 15 is 0 Å². The number of ether oxygens (including phenoxy) is 1. The van der Waals surface area contributed by atoms with E-state index in [0.717, 1.165) is 32.5 Å². The van der Waals surface area contributed by atoms with E-state index in [4.69, 9.17) is 16.3 Å². The predicted molar refractivity (Wildman–Crippen MR) is 98.1 cm³/mol. The molecule has 4 nitrogen and oxygen atoms in total. The summed E-state index contributed by atoms with van der Waals surface area (Å²) in [5, 5.41) is 5.80. The second-order valence-electron chi connectivity index (χ2n) is 5.97. The van der Waals surface area contributed by atoms with Crippen LogP contribution < -0.4 is 10.1 Å². The monoisotopic (exact) mass is 364 g/mol. The van der Waals surface area contributed by atoms with Gasteiger partial charge in [-0.05, 0) is 49.0 Å². The zero-order valence-corrected chi connectivity index (χ0v) is 15.2. The molecule has 1 aromatic heterocycles. The number of hydrogen-bond acceptors (Lipinski definition) is 4. The highest BCUT2D eigenvalue weighted by Crippen LogP contribution is 2.24. The number of thiophene rings is 1. The van der Waals surface area contributed by atoms with Gasteiger partial charge in [-0.3, -0.25) is 9.69 Å². The first kappa shape index (κ1) is 17.3. The fraction of sp³-hybridized carbons (Fsp3) is 0.389. The van der Waals surface area contributed by atoms with Crippen LogP contribution in [0.25, 0.3) is 0 Å². The highest BCUT2D eigenvalue weighted by atomic mass is 35.5. The van der Waals surface area contributed by atoms with Gasteiger partial charge < -0.3 is 10.1 Å². The number of likely N-dealkylation sites (tertiary alicyclic amines) is 1. The molecule has 2 heterocycles. The van der Waals surface area contributed by atoms with Crippen molar-refractivity contribution in [3.8, 4) is 5.75 Å². The summed E-state index contributed by atoms with van der Waals surface area (Å²) in [7, 11) is 1.55. The molecule has 6 heteroatoms. The molecule has 1 aromatic carbocycles. The summed E-state index contributed by atoms with van der Waals surface area (Å²) in [6.45, 7) is 2.91. The Morgan fingerprint density at radius 2 is 2.33 bits per heavy atom. The van der Waals surface area contributed by atoms with Gasteiger partial charge in [0.25, 0.3) is 5.91 Å². The molecule has 0 radical (unpaired) electrons. The van der Waals surface area contributed by atoms with Gasteiger partial charge in [0.1, 0.15) is 5.75 Å². The zero-order valence-electron chi connectivity index (χ0n) is 13.6. The number of carbonyl (C=O) groups excluding carboxylic acids is 1. The quantitative estimate of drug-likeness (QED) is 0.877. The molecule has 1 amide bonds. The highest BCUT2D eigenvalue weighted by Gasteiger charge is 2.23. The number of benzene rings is 1. The fourth-order valence-corrected chi connectivity index (χ4v) is 3.96. The molecule has 0 spiro atoms. The normalized spacial score (nSPS) is 18.3. The van der Waals surface area contributed by atoms with E-state index in [1.807, 2.05) is 0 Å². The van der Waals surface area contributed by atoms with E-state index in [2.05, 4.69) is 27.7 Å². The van der Waals surface area contributed by atoms with Crippen molar-refractivity contribution < 1.29 is 9.53 Å². The van der Waals surface area contributed by atoms with Crippen LogP contribution in [-0.2, 0) is 6.54 Å². The number of amides is 1. The number of halogens is 1.